The molecule has 44 heavy (non-hydrogen) atoms. The Bertz CT molecular complexity index is 1530. The molecule has 0 saturated carbocycles. The maximum absolute atomic E-state index is 12.6. The molecule has 2 saturated heterocycles. The Morgan fingerprint density at radius 3 is 2.57 bits per heavy atom. The van der Waals surface area contributed by atoms with Crippen molar-refractivity contribution in [2.24, 2.45) is 0 Å². The van der Waals surface area contributed by atoms with E-state index in [1.807, 2.05) is 48.5 Å². The van der Waals surface area contributed by atoms with E-state index in [-0.39, 0.29) is 12.2 Å². The number of hydrogen-bond donors (Lipinski definition) is 2. The number of benzene rings is 4. The van der Waals surface area contributed by atoms with Crippen LogP contribution in [0.5, 0.6) is 5.75 Å². The minimum Gasteiger partial charge on any atom is -0.489 e. The minimum absolute atomic E-state index is 0.280. The van der Waals surface area contributed by atoms with E-state index >= 15 is 0 Å². The van der Waals surface area contributed by atoms with E-state index in [1.165, 1.54) is 5.56 Å². The van der Waals surface area contributed by atoms with Gasteiger partial charge in [-0.2, -0.15) is 0 Å². The van der Waals surface area contributed by atoms with Crippen LogP contribution in [0.15, 0.2) is 103 Å². The normalized spacial score (nSPS) is 19.2. The molecule has 2 N–H and O–H groups in total. The molecule has 4 aromatic rings. The van der Waals surface area contributed by atoms with Gasteiger partial charge in [0, 0.05) is 56.2 Å². The van der Waals surface area contributed by atoms with Crippen LogP contribution in [0.2, 0.25) is 0 Å². The lowest BCUT2D eigenvalue weighted by molar-refractivity contribution is -0.186. The molecule has 7 nitrogen and oxygen atoms in total. The van der Waals surface area contributed by atoms with Crippen molar-refractivity contribution in [1.82, 2.24) is 15.7 Å². The molecule has 7 heteroatoms. The van der Waals surface area contributed by atoms with Crippen molar-refractivity contribution in [3.8, 4) is 5.75 Å². The molecule has 1 amide bonds. The Labute approximate surface area is 259 Å². The van der Waals surface area contributed by atoms with E-state index in [1.54, 1.807) is 0 Å². The van der Waals surface area contributed by atoms with Gasteiger partial charge in [0.1, 0.15) is 12.4 Å². The van der Waals surface area contributed by atoms with Gasteiger partial charge in [0.05, 0.1) is 0 Å². The van der Waals surface area contributed by atoms with Crippen LogP contribution < -0.4 is 15.5 Å². The average Bonchev–Trinajstić information content (AvgIpc) is 3.53. The third-order valence-electron chi connectivity index (χ3n) is 8.27. The Hall–Kier alpha value is -4.01. The molecule has 2 heterocycles. The summed E-state index contributed by atoms with van der Waals surface area (Å²) in [5.74, 6) is 0.593. The van der Waals surface area contributed by atoms with Crippen LogP contribution in [0.1, 0.15) is 47.2 Å². The number of fused-ring (bicyclic) bond motifs is 1. The standard InChI is InChI=1S/C37H41N3O4/c41-37(39-44-36-15-6-7-22-42-36)32-18-16-28(17-19-32)23-30(27-43-35-14-8-12-31-11-4-5-13-34(31)35)24-38-33-20-21-40(26-33)25-29-9-2-1-3-10-29/h1-5,8-14,16-19,23,33,36,38H,6-7,15,20-22,24-27H2,(H,39,41)/b30-23-. The monoisotopic (exact) mass is 591 g/mol. The topological polar surface area (TPSA) is 72.1 Å². The van der Waals surface area contributed by atoms with Crippen molar-refractivity contribution in [3.63, 3.8) is 0 Å². The van der Waals surface area contributed by atoms with Gasteiger partial charge < -0.3 is 14.8 Å². The first-order valence-electron chi connectivity index (χ1n) is 15.7. The molecule has 0 spiro atoms. The highest BCUT2D eigenvalue weighted by atomic mass is 16.8. The first kappa shape index (κ1) is 30.0. The van der Waals surface area contributed by atoms with Crippen LogP contribution in [0.3, 0.4) is 0 Å². The number of hydrogen-bond acceptors (Lipinski definition) is 6. The first-order chi connectivity index (χ1) is 21.7. The highest BCUT2D eigenvalue weighted by molar-refractivity contribution is 5.93. The van der Waals surface area contributed by atoms with Gasteiger partial charge in [0.2, 0.25) is 0 Å². The van der Waals surface area contributed by atoms with Gasteiger partial charge in [-0.25, -0.2) is 10.3 Å². The van der Waals surface area contributed by atoms with Crippen LogP contribution in [0.4, 0.5) is 0 Å². The second kappa shape index (κ2) is 15.1. The molecule has 228 valence electrons. The fraction of sp³-hybridized carbons (Fsp3) is 0.324. The number of nitrogens with one attached hydrogen (secondary N) is 2. The van der Waals surface area contributed by atoms with E-state index in [2.05, 4.69) is 70.3 Å². The molecular weight excluding hydrogens is 550 g/mol. The Morgan fingerprint density at radius 1 is 0.909 bits per heavy atom. The van der Waals surface area contributed by atoms with E-state index in [0.717, 1.165) is 73.0 Å². The first-order valence-corrected chi connectivity index (χ1v) is 15.7. The van der Waals surface area contributed by atoms with E-state index in [9.17, 15) is 4.79 Å². The molecule has 2 atom stereocenters. The van der Waals surface area contributed by atoms with Crippen molar-refractivity contribution >= 4 is 22.8 Å². The zero-order valence-corrected chi connectivity index (χ0v) is 25.1. The SMILES string of the molecule is O=C(NOC1CCCCO1)c1ccc(/C=C(/CNC2CCN(Cc3ccccc3)C2)COc2cccc3ccccc23)cc1. The predicted molar refractivity (Wildman–Crippen MR) is 174 cm³/mol. The molecule has 2 aliphatic heterocycles. The van der Waals surface area contributed by atoms with E-state index < -0.39 is 0 Å². The van der Waals surface area contributed by atoms with E-state index in [0.29, 0.717) is 31.4 Å². The molecule has 6 rings (SSSR count). The summed E-state index contributed by atoms with van der Waals surface area (Å²) in [5, 5.41) is 6.05. The number of amides is 1. The van der Waals surface area contributed by atoms with Gasteiger partial charge in [-0.15, -0.1) is 0 Å². The maximum Gasteiger partial charge on any atom is 0.274 e. The smallest absolute Gasteiger partial charge is 0.274 e. The molecule has 2 unspecified atom stereocenters. The number of hydroxylamine groups is 1. The summed E-state index contributed by atoms with van der Waals surface area (Å²) in [6.45, 7) is 4.91. The number of carbonyl (C=O) groups excluding carboxylic acids is 1. The van der Waals surface area contributed by atoms with Crippen LogP contribution in [0.25, 0.3) is 16.8 Å². The zero-order chi connectivity index (χ0) is 30.0. The third-order valence-corrected chi connectivity index (χ3v) is 8.27. The van der Waals surface area contributed by atoms with Gasteiger partial charge in [-0.05, 0) is 59.5 Å². The summed E-state index contributed by atoms with van der Waals surface area (Å²) in [6, 6.07) is 33.1. The van der Waals surface area contributed by atoms with Crippen molar-refractivity contribution in [3.05, 3.63) is 119 Å². The second-order valence-corrected chi connectivity index (χ2v) is 11.6. The highest BCUT2D eigenvalue weighted by Gasteiger charge is 2.22. The molecule has 0 aliphatic carbocycles. The van der Waals surface area contributed by atoms with Crippen molar-refractivity contribution in [2.75, 3.05) is 32.8 Å². The van der Waals surface area contributed by atoms with Crippen LogP contribution in [-0.4, -0.2) is 56.0 Å². The second-order valence-electron chi connectivity index (χ2n) is 11.6. The van der Waals surface area contributed by atoms with E-state index in [4.69, 9.17) is 14.3 Å². The molecule has 0 bridgehead atoms. The van der Waals surface area contributed by atoms with Crippen molar-refractivity contribution in [2.45, 2.75) is 44.6 Å². The van der Waals surface area contributed by atoms with Crippen LogP contribution in [0, 0.1) is 0 Å². The summed E-state index contributed by atoms with van der Waals surface area (Å²) < 4.78 is 11.9. The lowest BCUT2D eigenvalue weighted by Crippen LogP contribution is -2.34. The lowest BCUT2D eigenvalue weighted by Gasteiger charge is -2.22. The fourth-order valence-corrected chi connectivity index (χ4v) is 5.84. The van der Waals surface area contributed by atoms with Crippen LogP contribution in [-0.2, 0) is 16.1 Å². The van der Waals surface area contributed by atoms with Crippen LogP contribution >= 0.6 is 0 Å². The summed E-state index contributed by atoms with van der Waals surface area (Å²) in [5.41, 5.74) is 6.57. The molecule has 0 aromatic heterocycles. The van der Waals surface area contributed by atoms with Gasteiger partial charge in [-0.1, -0.05) is 84.9 Å². The zero-order valence-electron chi connectivity index (χ0n) is 25.1. The van der Waals surface area contributed by atoms with Crippen molar-refractivity contribution < 1.29 is 19.1 Å². The van der Waals surface area contributed by atoms with Gasteiger partial charge >= 0.3 is 0 Å². The number of nitrogens with zero attached hydrogens (tertiary/aromatic N) is 1. The predicted octanol–water partition coefficient (Wildman–Crippen LogP) is 6.35. The quantitative estimate of drug-likeness (QED) is 0.187. The summed E-state index contributed by atoms with van der Waals surface area (Å²) >= 11 is 0. The number of likely N-dealkylation sites (tertiary alicyclic amines) is 1. The molecule has 2 aliphatic rings. The maximum atomic E-state index is 12.6. The van der Waals surface area contributed by atoms with Gasteiger partial charge in [-0.3, -0.25) is 9.69 Å². The van der Waals surface area contributed by atoms with Gasteiger partial charge in [0.15, 0.2) is 6.29 Å². The fourth-order valence-electron chi connectivity index (χ4n) is 5.84. The Balaban J connectivity index is 1.10. The Morgan fingerprint density at radius 2 is 1.73 bits per heavy atom. The summed E-state index contributed by atoms with van der Waals surface area (Å²) in [6.07, 6.45) is 5.74. The van der Waals surface area contributed by atoms with Gasteiger partial charge in [0.25, 0.3) is 5.91 Å². The number of rotatable bonds is 12. The minimum atomic E-state index is -0.378. The number of carbonyl (C=O) groups is 1. The summed E-state index contributed by atoms with van der Waals surface area (Å²) in [7, 11) is 0. The summed E-state index contributed by atoms with van der Waals surface area (Å²) in [4.78, 5) is 20.6. The number of ether oxygens (including phenoxy) is 2. The Kier molecular flexibility index (Phi) is 10.3. The average molecular weight is 592 g/mol. The lowest BCUT2D eigenvalue weighted by atomic mass is 10.1. The molecule has 0 radical (unpaired) electrons. The molecular formula is C37H41N3O4. The largest absolute Gasteiger partial charge is 0.489 e. The molecule has 2 fully saturated rings. The van der Waals surface area contributed by atoms with Crippen molar-refractivity contribution in [1.29, 1.82) is 0 Å². The highest BCUT2D eigenvalue weighted by Crippen LogP contribution is 2.26. The third kappa shape index (κ3) is 8.33. The molecule has 4 aromatic carbocycles.